The predicted molar refractivity (Wildman–Crippen MR) is 89.5 cm³/mol. The van der Waals surface area contributed by atoms with Crippen molar-refractivity contribution in [1.29, 1.82) is 0 Å². The number of alkyl carbamates (subject to hydrolysis) is 1. The van der Waals surface area contributed by atoms with Crippen LogP contribution in [0.5, 0.6) is 0 Å². The molecule has 1 atom stereocenters. The minimum absolute atomic E-state index is 0.158. The first-order valence-corrected chi connectivity index (χ1v) is 8.14. The van der Waals surface area contributed by atoms with Crippen LogP contribution in [0.25, 0.3) is 0 Å². The molecule has 1 aromatic carbocycles. The highest BCUT2D eigenvalue weighted by molar-refractivity contribution is 5.81. The normalized spacial score (nSPS) is 13.3. The molecule has 1 N–H and O–H groups in total. The molecule has 0 bridgehead atoms. The molecule has 0 saturated carbocycles. The third-order valence-corrected chi connectivity index (χ3v) is 3.02. The van der Waals surface area contributed by atoms with Gasteiger partial charge in [0.25, 0.3) is 0 Å². The molecule has 1 rings (SSSR count). The minimum Gasteiger partial charge on any atom is -0.461 e. The maximum absolute atomic E-state index is 12.9. The summed E-state index contributed by atoms with van der Waals surface area (Å²) in [6.07, 6.45) is -5.95. The molecule has 1 unspecified atom stereocenters. The van der Waals surface area contributed by atoms with Gasteiger partial charge in [-0.25, -0.2) is 9.59 Å². The first-order chi connectivity index (χ1) is 11.8. The number of amides is 1. The van der Waals surface area contributed by atoms with Crippen LogP contribution in [0.4, 0.5) is 18.0 Å². The Labute approximate surface area is 150 Å². The molecule has 0 fully saturated rings. The van der Waals surface area contributed by atoms with E-state index in [1.54, 1.807) is 34.6 Å². The zero-order valence-corrected chi connectivity index (χ0v) is 15.4. The van der Waals surface area contributed by atoms with Crippen molar-refractivity contribution >= 4 is 12.1 Å². The van der Waals surface area contributed by atoms with Crippen LogP contribution in [0, 0.1) is 0 Å². The van der Waals surface area contributed by atoms with Gasteiger partial charge >= 0.3 is 18.2 Å². The molecule has 1 aromatic rings. The smallest absolute Gasteiger partial charge is 0.416 e. The second kappa shape index (κ2) is 8.42. The number of esters is 1. The van der Waals surface area contributed by atoms with Gasteiger partial charge in [0, 0.05) is 6.42 Å². The maximum Gasteiger partial charge on any atom is 0.416 e. The number of nitrogens with one attached hydrogen (secondary N) is 1. The topological polar surface area (TPSA) is 64.6 Å². The lowest BCUT2D eigenvalue weighted by molar-refractivity contribution is -0.149. The molecule has 0 aromatic heterocycles. The molecule has 146 valence electrons. The van der Waals surface area contributed by atoms with Gasteiger partial charge in [-0.3, -0.25) is 0 Å². The summed E-state index contributed by atoms with van der Waals surface area (Å²) in [6, 6.07) is 3.40. The second-order valence-corrected chi connectivity index (χ2v) is 7.09. The Kier molecular flexibility index (Phi) is 7.06. The summed E-state index contributed by atoms with van der Waals surface area (Å²) in [5, 5.41) is 2.37. The monoisotopic (exact) mass is 375 g/mol. The third-order valence-electron chi connectivity index (χ3n) is 3.02. The Bertz CT molecular complexity index is 636. The number of carbonyl (C=O) groups is 2. The average molecular weight is 375 g/mol. The molecule has 0 heterocycles. The molecule has 0 aliphatic heterocycles. The Hall–Kier alpha value is -2.25. The van der Waals surface area contributed by atoms with Crippen LogP contribution in [0.3, 0.4) is 0 Å². The van der Waals surface area contributed by atoms with E-state index >= 15 is 0 Å². The van der Waals surface area contributed by atoms with Gasteiger partial charge in [0.15, 0.2) is 0 Å². The molecule has 5 nitrogen and oxygen atoms in total. The van der Waals surface area contributed by atoms with Crippen LogP contribution in [0.2, 0.25) is 0 Å². The summed E-state index contributed by atoms with van der Waals surface area (Å²) in [7, 11) is 0. The van der Waals surface area contributed by atoms with Crippen LogP contribution in [-0.4, -0.2) is 29.8 Å². The number of ether oxygens (including phenoxy) is 2. The van der Waals surface area contributed by atoms with Crippen molar-refractivity contribution in [1.82, 2.24) is 5.32 Å². The van der Waals surface area contributed by atoms with Crippen LogP contribution >= 0.6 is 0 Å². The zero-order chi connectivity index (χ0) is 20.1. The molecule has 0 saturated heterocycles. The van der Waals surface area contributed by atoms with E-state index in [1.165, 1.54) is 12.1 Å². The molecule has 0 spiro atoms. The average Bonchev–Trinajstić information content (AvgIpc) is 2.43. The number of hydrogen-bond acceptors (Lipinski definition) is 4. The van der Waals surface area contributed by atoms with Gasteiger partial charge < -0.3 is 14.8 Å². The van der Waals surface area contributed by atoms with Gasteiger partial charge in [-0.1, -0.05) is 18.2 Å². The van der Waals surface area contributed by atoms with Gasteiger partial charge in [0.05, 0.1) is 11.7 Å². The summed E-state index contributed by atoms with van der Waals surface area (Å²) in [6.45, 7) is 8.22. The molecule has 0 radical (unpaired) electrons. The highest BCUT2D eigenvalue weighted by atomic mass is 19.4. The van der Waals surface area contributed by atoms with Crippen molar-refractivity contribution in [2.24, 2.45) is 0 Å². The minimum atomic E-state index is -4.50. The highest BCUT2D eigenvalue weighted by Crippen LogP contribution is 2.29. The lowest BCUT2D eigenvalue weighted by atomic mass is 10.0. The number of halogens is 3. The van der Waals surface area contributed by atoms with Crippen LogP contribution in [0.15, 0.2) is 24.3 Å². The number of carbonyl (C=O) groups excluding carboxylic acids is 2. The lowest BCUT2D eigenvalue weighted by Crippen LogP contribution is -2.46. The van der Waals surface area contributed by atoms with Crippen molar-refractivity contribution in [3.8, 4) is 0 Å². The summed E-state index contributed by atoms with van der Waals surface area (Å²) in [4.78, 5) is 24.2. The number of benzene rings is 1. The quantitative estimate of drug-likeness (QED) is 0.787. The Balaban J connectivity index is 2.98. The summed E-state index contributed by atoms with van der Waals surface area (Å²) < 4.78 is 48.7. The van der Waals surface area contributed by atoms with Crippen molar-refractivity contribution < 1.29 is 32.2 Å². The fourth-order valence-corrected chi connectivity index (χ4v) is 2.07. The van der Waals surface area contributed by atoms with Crippen molar-refractivity contribution in [2.75, 3.05) is 0 Å². The van der Waals surface area contributed by atoms with Gasteiger partial charge in [-0.2, -0.15) is 13.2 Å². The van der Waals surface area contributed by atoms with Crippen LogP contribution in [-0.2, 0) is 26.9 Å². The number of alkyl halides is 3. The van der Waals surface area contributed by atoms with Gasteiger partial charge in [-0.15, -0.1) is 0 Å². The highest BCUT2D eigenvalue weighted by Gasteiger charge is 2.31. The van der Waals surface area contributed by atoms with Crippen molar-refractivity contribution in [2.45, 2.75) is 65.0 Å². The number of rotatable bonds is 5. The van der Waals surface area contributed by atoms with E-state index in [4.69, 9.17) is 9.47 Å². The largest absolute Gasteiger partial charge is 0.461 e. The Morgan fingerprint density at radius 1 is 1.15 bits per heavy atom. The van der Waals surface area contributed by atoms with Crippen molar-refractivity contribution in [3.05, 3.63) is 35.4 Å². The Morgan fingerprint density at radius 3 is 2.27 bits per heavy atom. The van der Waals surface area contributed by atoms with Crippen molar-refractivity contribution in [3.63, 3.8) is 0 Å². The number of hydrogen-bond donors (Lipinski definition) is 1. The molecule has 1 amide bonds. The van der Waals surface area contributed by atoms with E-state index in [-0.39, 0.29) is 12.0 Å². The van der Waals surface area contributed by atoms with E-state index in [0.29, 0.717) is 0 Å². The predicted octanol–water partition coefficient (Wildman–Crippen LogP) is 4.09. The van der Waals surface area contributed by atoms with Crippen LogP contribution in [0.1, 0.15) is 45.7 Å². The van der Waals surface area contributed by atoms with Crippen LogP contribution < -0.4 is 5.32 Å². The first-order valence-electron chi connectivity index (χ1n) is 8.14. The summed E-state index contributed by atoms with van der Waals surface area (Å²) in [5.74, 6) is -0.747. The molecule has 0 aliphatic rings. The van der Waals surface area contributed by atoms with E-state index < -0.39 is 41.5 Å². The first kappa shape index (κ1) is 21.8. The fourth-order valence-electron chi connectivity index (χ4n) is 2.07. The van der Waals surface area contributed by atoms with Gasteiger partial charge in [0.2, 0.25) is 0 Å². The van der Waals surface area contributed by atoms with E-state index in [1.807, 2.05) is 0 Å². The summed E-state index contributed by atoms with van der Waals surface area (Å²) >= 11 is 0. The van der Waals surface area contributed by atoms with E-state index in [0.717, 1.165) is 12.1 Å². The second-order valence-electron chi connectivity index (χ2n) is 7.09. The fraction of sp³-hybridized carbons (Fsp3) is 0.556. The molecular formula is C18H24F3NO4. The zero-order valence-electron chi connectivity index (χ0n) is 15.4. The lowest BCUT2D eigenvalue weighted by Gasteiger charge is -2.23. The maximum atomic E-state index is 12.9. The van der Waals surface area contributed by atoms with Gasteiger partial charge in [-0.05, 0) is 46.2 Å². The molecule has 8 heteroatoms. The van der Waals surface area contributed by atoms with E-state index in [2.05, 4.69) is 5.32 Å². The summed E-state index contributed by atoms with van der Waals surface area (Å²) in [5.41, 5.74) is -1.38. The SMILES string of the molecule is CC(C)OC(=O)C(Cc1cccc(C(F)(F)F)c1)NC(=O)OC(C)(C)C. The standard InChI is InChI=1S/C18H24F3NO4/c1-11(2)25-15(23)14(22-16(24)26-17(3,4)5)10-12-7-6-8-13(9-12)18(19,20)21/h6-9,11,14H,10H2,1-5H3,(H,22,24). The van der Waals surface area contributed by atoms with Gasteiger partial charge in [0.1, 0.15) is 11.6 Å². The third kappa shape index (κ3) is 7.76. The van der Waals surface area contributed by atoms with E-state index in [9.17, 15) is 22.8 Å². The molecule has 0 aliphatic carbocycles. The molecule has 26 heavy (non-hydrogen) atoms. The molecular weight excluding hydrogens is 351 g/mol. The Morgan fingerprint density at radius 2 is 1.77 bits per heavy atom.